The minimum Gasteiger partial charge on any atom is -0.477 e. The summed E-state index contributed by atoms with van der Waals surface area (Å²) in [6.45, 7) is 0. The maximum Gasteiger partial charge on any atom is 0.353 e. The van der Waals surface area contributed by atoms with Gasteiger partial charge in [0.25, 0.3) is 0 Å². The number of carboxylic acids is 1. The Morgan fingerprint density at radius 3 is 2.25 bits per heavy atom. The first-order chi connectivity index (χ1) is 9.66. The lowest BCUT2D eigenvalue weighted by atomic mass is 10.3. The van der Waals surface area contributed by atoms with Crippen molar-refractivity contribution < 1.29 is 14.3 Å². The standard InChI is InChI=1S/C10H8FN.C4H4N2O2/c11-9-3-5-10(6-4-9)12-7-1-2-8-12;7-4(8)3-1-2-5-6-3/h1-8H;1-2H,(H,5,6)(H,7,8). The molecular formula is C14H12FN3O2. The molecular weight excluding hydrogens is 261 g/mol. The Labute approximate surface area is 114 Å². The van der Waals surface area contributed by atoms with Crippen LogP contribution in [0.1, 0.15) is 10.5 Å². The van der Waals surface area contributed by atoms with Gasteiger partial charge in [0.1, 0.15) is 11.5 Å². The van der Waals surface area contributed by atoms with E-state index in [9.17, 15) is 9.18 Å². The number of aromatic amines is 1. The molecule has 2 N–H and O–H groups in total. The van der Waals surface area contributed by atoms with E-state index in [-0.39, 0.29) is 11.5 Å². The predicted molar refractivity (Wildman–Crippen MR) is 71.3 cm³/mol. The van der Waals surface area contributed by atoms with Gasteiger partial charge in [-0.3, -0.25) is 5.10 Å². The van der Waals surface area contributed by atoms with E-state index in [0.717, 1.165) is 5.69 Å². The number of aromatic carboxylic acids is 1. The molecule has 0 fully saturated rings. The molecule has 0 saturated carbocycles. The van der Waals surface area contributed by atoms with Crippen LogP contribution in [0.3, 0.4) is 0 Å². The monoisotopic (exact) mass is 273 g/mol. The van der Waals surface area contributed by atoms with E-state index < -0.39 is 5.97 Å². The van der Waals surface area contributed by atoms with E-state index in [1.54, 1.807) is 12.1 Å². The quantitative estimate of drug-likeness (QED) is 0.754. The van der Waals surface area contributed by atoms with Crippen LogP contribution >= 0.6 is 0 Å². The number of hydrogen-bond donors (Lipinski definition) is 2. The van der Waals surface area contributed by atoms with Crippen LogP contribution in [0.4, 0.5) is 4.39 Å². The van der Waals surface area contributed by atoms with Gasteiger partial charge in [0.15, 0.2) is 0 Å². The van der Waals surface area contributed by atoms with E-state index >= 15 is 0 Å². The number of aromatic nitrogens is 3. The summed E-state index contributed by atoms with van der Waals surface area (Å²) in [7, 11) is 0. The van der Waals surface area contributed by atoms with E-state index in [4.69, 9.17) is 5.11 Å². The molecule has 0 radical (unpaired) electrons. The zero-order chi connectivity index (χ0) is 14.4. The fraction of sp³-hybridized carbons (Fsp3) is 0. The first-order valence-corrected chi connectivity index (χ1v) is 5.78. The van der Waals surface area contributed by atoms with Crippen LogP contribution in [0.5, 0.6) is 0 Å². The smallest absolute Gasteiger partial charge is 0.353 e. The Morgan fingerprint density at radius 1 is 1.15 bits per heavy atom. The van der Waals surface area contributed by atoms with Crippen molar-refractivity contribution in [2.24, 2.45) is 0 Å². The van der Waals surface area contributed by atoms with Crippen molar-refractivity contribution in [3.05, 3.63) is 72.6 Å². The summed E-state index contributed by atoms with van der Waals surface area (Å²) < 4.78 is 14.4. The molecule has 0 saturated heterocycles. The number of nitrogens with zero attached hydrogens (tertiary/aromatic N) is 2. The van der Waals surface area contributed by atoms with Crippen LogP contribution in [0, 0.1) is 5.82 Å². The lowest BCUT2D eigenvalue weighted by Crippen LogP contribution is -1.95. The largest absolute Gasteiger partial charge is 0.477 e. The third-order valence-corrected chi connectivity index (χ3v) is 2.46. The second kappa shape index (κ2) is 6.33. The van der Waals surface area contributed by atoms with Crippen molar-refractivity contribution in [2.75, 3.05) is 0 Å². The van der Waals surface area contributed by atoms with Crippen LogP contribution in [0.25, 0.3) is 5.69 Å². The number of halogens is 1. The van der Waals surface area contributed by atoms with Crippen LogP contribution in [-0.2, 0) is 0 Å². The highest BCUT2D eigenvalue weighted by Gasteiger charge is 1.99. The molecule has 5 nitrogen and oxygen atoms in total. The van der Waals surface area contributed by atoms with E-state index in [0.29, 0.717) is 0 Å². The Kier molecular flexibility index (Phi) is 4.28. The highest BCUT2D eigenvalue weighted by atomic mass is 19.1. The molecule has 1 aromatic carbocycles. The molecule has 0 unspecified atom stereocenters. The van der Waals surface area contributed by atoms with Crippen LogP contribution in [-0.4, -0.2) is 25.8 Å². The number of rotatable bonds is 2. The molecule has 0 aliphatic carbocycles. The first-order valence-electron chi connectivity index (χ1n) is 5.78. The number of benzene rings is 1. The van der Waals surface area contributed by atoms with Gasteiger partial charge < -0.3 is 9.67 Å². The number of carboxylic acid groups (broad SMARTS) is 1. The predicted octanol–water partition coefficient (Wildman–Crippen LogP) is 2.72. The van der Waals surface area contributed by atoms with Gasteiger partial charge in [0.2, 0.25) is 0 Å². The molecule has 2 heterocycles. The van der Waals surface area contributed by atoms with E-state index in [2.05, 4.69) is 10.2 Å². The zero-order valence-electron chi connectivity index (χ0n) is 10.4. The van der Waals surface area contributed by atoms with Crippen LogP contribution in [0.2, 0.25) is 0 Å². The molecule has 6 heteroatoms. The van der Waals surface area contributed by atoms with Gasteiger partial charge in [-0.1, -0.05) is 0 Å². The van der Waals surface area contributed by atoms with E-state index in [1.165, 1.54) is 24.4 Å². The molecule has 0 atom stereocenters. The highest BCUT2D eigenvalue weighted by molar-refractivity contribution is 5.84. The molecule has 20 heavy (non-hydrogen) atoms. The van der Waals surface area contributed by atoms with Crippen molar-refractivity contribution in [1.82, 2.24) is 14.8 Å². The second-order valence-electron chi connectivity index (χ2n) is 3.84. The maximum atomic E-state index is 12.5. The summed E-state index contributed by atoms with van der Waals surface area (Å²) >= 11 is 0. The topological polar surface area (TPSA) is 70.9 Å². The fourth-order valence-electron chi connectivity index (χ4n) is 1.49. The van der Waals surface area contributed by atoms with Gasteiger partial charge in [-0.05, 0) is 42.5 Å². The average Bonchev–Trinajstić information content (AvgIpc) is 3.14. The first kappa shape index (κ1) is 13.5. The molecule has 0 amide bonds. The maximum absolute atomic E-state index is 12.5. The number of hydrogen-bond acceptors (Lipinski definition) is 2. The number of H-pyrrole nitrogens is 1. The Bertz CT molecular complexity index is 646. The third-order valence-electron chi connectivity index (χ3n) is 2.46. The SMILES string of the molecule is Fc1ccc(-n2cccc2)cc1.O=C(O)c1ccn[nH]1. The minimum absolute atomic E-state index is 0.116. The summed E-state index contributed by atoms with van der Waals surface area (Å²) in [6.07, 6.45) is 5.24. The number of carbonyl (C=O) groups is 1. The fourth-order valence-corrected chi connectivity index (χ4v) is 1.49. The van der Waals surface area contributed by atoms with Gasteiger partial charge in [0, 0.05) is 24.3 Å². The molecule has 102 valence electrons. The molecule has 0 aliphatic heterocycles. The zero-order valence-corrected chi connectivity index (χ0v) is 10.4. The molecule has 0 bridgehead atoms. The lowest BCUT2D eigenvalue weighted by molar-refractivity contribution is 0.0690. The molecule has 3 aromatic rings. The Morgan fingerprint density at radius 2 is 1.80 bits per heavy atom. The van der Waals surface area contributed by atoms with Gasteiger partial charge in [0.05, 0.1) is 0 Å². The molecule has 0 spiro atoms. The van der Waals surface area contributed by atoms with Crippen molar-refractivity contribution in [3.63, 3.8) is 0 Å². The van der Waals surface area contributed by atoms with Crippen molar-refractivity contribution in [1.29, 1.82) is 0 Å². The van der Waals surface area contributed by atoms with Gasteiger partial charge in [-0.25, -0.2) is 9.18 Å². The highest BCUT2D eigenvalue weighted by Crippen LogP contribution is 2.08. The molecule has 3 rings (SSSR count). The summed E-state index contributed by atoms with van der Waals surface area (Å²) in [4.78, 5) is 9.99. The van der Waals surface area contributed by atoms with Crippen LogP contribution in [0.15, 0.2) is 61.1 Å². The van der Waals surface area contributed by atoms with Gasteiger partial charge in [-0.2, -0.15) is 5.10 Å². The second-order valence-corrected chi connectivity index (χ2v) is 3.84. The Hall–Kier alpha value is -2.89. The molecule has 0 aliphatic rings. The minimum atomic E-state index is -0.984. The third kappa shape index (κ3) is 3.55. The van der Waals surface area contributed by atoms with Crippen LogP contribution < -0.4 is 0 Å². The summed E-state index contributed by atoms with van der Waals surface area (Å²) in [5.74, 6) is -1.19. The van der Waals surface area contributed by atoms with Crippen molar-refractivity contribution >= 4 is 5.97 Å². The number of nitrogens with one attached hydrogen (secondary N) is 1. The summed E-state index contributed by atoms with van der Waals surface area (Å²) in [5.41, 5.74) is 1.09. The lowest BCUT2D eigenvalue weighted by Gasteiger charge is -2.00. The Balaban J connectivity index is 0.000000160. The normalized spacial score (nSPS) is 9.65. The van der Waals surface area contributed by atoms with Crippen molar-refractivity contribution in [3.8, 4) is 5.69 Å². The average molecular weight is 273 g/mol. The molecule has 2 aromatic heterocycles. The van der Waals surface area contributed by atoms with Gasteiger partial charge >= 0.3 is 5.97 Å². The summed E-state index contributed by atoms with van der Waals surface area (Å²) in [6, 6.07) is 11.7. The van der Waals surface area contributed by atoms with Crippen molar-refractivity contribution in [2.45, 2.75) is 0 Å². The van der Waals surface area contributed by atoms with E-state index in [1.807, 2.05) is 29.1 Å². The summed E-state index contributed by atoms with van der Waals surface area (Å²) in [5, 5.41) is 13.9. The van der Waals surface area contributed by atoms with Gasteiger partial charge in [-0.15, -0.1) is 0 Å².